The molecule has 9 nitrogen and oxygen atoms in total. The third kappa shape index (κ3) is 3.59. The van der Waals surface area contributed by atoms with Crippen molar-refractivity contribution >= 4 is 56.4 Å². The van der Waals surface area contributed by atoms with Crippen LogP contribution in [0.25, 0.3) is 0 Å². The van der Waals surface area contributed by atoms with Gasteiger partial charge in [-0.3, -0.25) is 14.4 Å². The van der Waals surface area contributed by atoms with E-state index in [4.69, 9.17) is 9.47 Å². The van der Waals surface area contributed by atoms with Gasteiger partial charge in [0.25, 0.3) is 5.91 Å². The maximum absolute atomic E-state index is 12.9. The van der Waals surface area contributed by atoms with Crippen LogP contribution < -0.4 is 10.6 Å². The molecular formula is C19H18N2O7S2. The van der Waals surface area contributed by atoms with Gasteiger partial charge in [-0.15, -0.1) is 22.7 Å². The van der Waals surface area contributed by atoms with Crippen LogP contribution in [-0.2, 0) is 19.1 Å². The number of carboxylic acid groups (broad SMARTS) is 1. The van der Waals surface area contributed by atoms with Crippen molar-refractivity contribution in [3.05, 3.63) is 34.0 Å². The molecule has 4 rings (SSSR count). The quantitative estimate of drug-likeness (QED) is 0.577. The fourth-order valence-electron chi connectivity index (χ4n) is 3.95. The van der Waals surface area contributed by atoms with Crippen LogP contribution in [0.3, 0.4) is 0 Å². The Kier molecular flexibility index (Phi) is 5.58. The minimum atomic E-state index is -1.06. The molecule has 0 saturated carbocycles. The Morgan fingerprint density at radius 3 is 2.23 bits per heavy atom. The Labute approximate surface area is 179 Å². The first-order valence-electron chi connectivity index (χ1n) is 9.14. The Bertz CT molecular complexity index is 1010. The molecule has 30 heavy (non-hydrogen) atoms. The third-order valence-corrected chi connectivity index (χ3v) is 6.97. The van der Waals surface area contributed by atoms with Gasteiger partial charge in [-0.05, 0) is 35.7 Å². The van der Waals surface area contributed by atoms with E-state index in [0.717, 1.165) is 11.3 Å². The molecule has 2 bridgehead atoms. The van der Waals surface area contributed by atoms with E-state index >= 15 is 0 Å². The molecule has 3 N–H and O–H groups in total. The minimum absolute atomic E-state index is 0.216. The molecular weight excluding hydrogens is 432 g/mol. The molecule has 2 amide bonds. The van der Waals surface area contributed by atoms with Gasteiger partial charge in [0.2, 0.25) is 5.91 Å². The molecule has 2 aliphatic heterocycles. The van der Waals surface area contributed by atoms with Gasteiger partial charge in [0.1, 0.15) is 10.0 Å². The fraction of sp³-hybridized carbons (Fsp3) is 0.368. The molecule has 2 aromatic rings. The summed E-state index contributed by atoms with van der Waals surface area (Å²) >= 11 is 2.33. The third-order valence-electron chi connectivity index (χ3n) is 5.31. The van der Waals surface area contributed by atoms with Crippen LogP contribution in [0, 0.1) is 11.8 Å². The molecule has 158 valence electrons. The van der Waals surface area contributed by atoms with E-state index in [1.165, 1.54) is 18.4 Å². The molecule has 0 aromatic carbocycles. The molecule has 0 spiro atoms. The van der Waals surface area contributed by atoms with Crippen molar-refractivity contribution in [1.29, 1.82) is 0 Å². The van der Waals surface area contributed by atoms with Crippen molar-refractivity contribution in [2.75, 3.05) is 17.7 Å². The van der Waals surface area contributed by atoms with Gasteiger partial charge in [0.15, 0.2) is 0 Å². The van der Waals surface area contributed by atoms with Crippen molar-refractivity contribution in [2.45, 2.75) is 25.0 Å². The highest BCUT2D eigenvalue weighted by Gasteiger charge is 2.55. The summed E-state index contributed by atoms with van der Waals surface area (Å²) in [5.41, 5.74) is 0.452. The lowest BCUT2D eigenvalue weighted by atomic mass is 9.79. The molecule has 2 aromatic heterocycles. The second-order valence-electron chi connectivity index (χ2n) is 6.94. The van der Waals surface area contributed by atoms with E-state index in [1.54, 1.807) is 22.9 Å². The Morgan fingerprint density at radius 2 is 1.60 bits per heavy atom. The lowest BCUT2D eigenvalue weighted by Crippen LogP contribution is -2.41. The summed E-state index contributed by atoms with van der Waals surface area (Å²) in [6.45, 7) is 0. The molecule has 4 heterocycles. The van der Waals surface area contributed by atoms with E-state index in [2.05, 4.69) is 10.6 Å². The fourth-order valence-corrected chi connectivity index (χ4v) is 5.51. The lowest BCUT2D eigenvalue weighted by Gasteiger charge is -2.23. The number of rotatable bonds is 6. The van der Waals surface area contributed by atoms with E-state index in [0.29, 0.717) is 22.8 Å². The molecule has 0 radical (unpaired) electrons. The monoisotopic (exact) mass is 450 g/mol. The highest BCUT2D eigenvalue weighted by Crippen LogP contribution is 2.44. The second-order valence-corrected chi connectivity index (χ2v) is 8.77. The smallest absolute Gasteiger partial charge is 0.340 e. The number of nitrogens with one attached hydrogen (secondary N) is 2. The number of carbonyl (C=O) groups is 4. The average Bonchev–Trinajstić information content (AvgIpc) is 3.50. The van der Waals surface area contributed by atoms with Crippen LogP contribution in [0.15, 0.2) is 22.9 Å². The number of hydrogen-bond acceptors (Lipinski definition) is 8. The van der Waals surface area contributed by atoms with Crippen molar-refractivity contribution in [3.63, 3.8) is 0 Å². The van der Waals surface area contributed by atoms with Crippen LogP contribution >= 0.6 is 22.7 Å². The largest absolute Gasteiger partial charge is 0.481 e. The molecule has 2 aliphatic rings. The number of fused-ring (bicyclic) bond motifs is 2. The molecule has 2 fully saturated rings. The SMILES string of the molecule is COC(=O)c1ccsc1NC(=O)c1ccsc1NC(=O)[C@H]1[C@@H](C(=O)O)[C@H]2CC[C@@H]1O2. The van der Waals surface area contributed by atoms with Gasteiger partial charge >= 0.3 is 11.9 Å². The van der Waals surface area contributed by atoms with Crippen LogP contribution in [0.4, 0.5) is 10.0 Å². The van der Waals surface area contributed by atoms with E-state index < -0.39 is 47.8 Å². The molecule has 0 unspecified atom stereocenters. The summed E-state index contributed by atoms with van der Waals surface area (Å²) in [7, 11) is 1.25. The number of carboxylic acids is 1. The summed E-state index contributed by atoms with van der Waals surface area (Å²) in [5.74, 6) is -4.30. The normalized spacial score (nSPS) is 24.4. The van der Waals surface area contributed by atoms with Crippen LogP contribution in [-0.4, -0.2) is 48.2 Å². The van der Waals surface area contributed by atoms with Gasteiger partial charge in [-0.25, -0.2) is 4.79 Å². The highest BCUT2D eigenvalue weighted by atomic mass is 32.1. The van der Waals surface area contributed by atoms with Crippen LogP contribution in [0.5, 0.6) is 0 Å². The zero-order valence-corrected chi connectivity index (χ0v) is 17.4. The van der Waals surface area contributed by atoms with Crippen molar-refractivity contribution in [3.8, 4) is 0 Å². The van der Waals surface area contributed by atoms with Gasteiger partial charge in [-0.1, -0.05) is 0 Å². The topological polar surface area (TPSA) is 131 Å². The second kappa shape index (κ2) is 8.17. The van der Waals surface area contributed by atoms with Crippen molar-refractivity contribution in [1.82, 2.24) is 0 Å². The maximum Gasteiger partial charge on any atom is 0.340 e. The van der Waals surface area contributed by atoms with Gasteiger partial charge in [-0.2, -0.15) is 0 Å². The number of aliphatic carboxylic acids is 1. The average molecular weight is 450 g/mol. The number of carbonyl (C=O) groups excluding carboxylic acids is 3. The summed E-state index contributed by atoms with van der Waals surface area (Å²) in [6, 6.07) is 3.09. The van der Waals surface area contributed by atoms with Crippen molar-refractivity contribution < 1.29 is 33.8 Å². The van der Waals surface area contributed by atoms with E-state index in [9.17, 15) is 24.3 Å². The van der Waals surface area contributed by atoms with Crippen LogP contribution in [0.2, 0.25) is 0 Å². The number of thiophene rings is 2. The van der Waals surface area contributed by atoms with Gasteiger partial charge in [0, 0.05) is 0 Å². The summed E-state index contributed by atoms with van der Waals surface area (Å²) < 4.78 is 10.3. The predicted octanol–water partition coefficient (Wildman–Crippen LogP) is 2.67. The van der Waals surface area contributed by atoms with E-state index in [1.807, 2.05) is 0 Å². The Hall–Kier alpha value is -2.76. The van der Waals surface area contributed by atoms with Gasteiger partial charge < -0.3 is 25.2 Å². The first kappa shape index (κ1) is 20.5. The Morgan fingerprint density at radius 1 is 1.00 bits per heavy atom. The zero-order valence-electron chi connectivity index (χ0n) is 15.7. The van der Waals surface area contributed by atoms with Crippen molar-refractivity contribution in [2.24, 2.45) is 11.8 Å². The standard InChI is InChI=1S/C19H18N2O7S2/c1-27-19(26)9-5-7-30-17(9)20-14(22)8-4-6-29-16(8)21-15(23)12-10-2-3-11(28-10)13(12)18(24)25/h4-7,10-13H,2-3H2,1H3,(H,20,22)(H,21,23)(H,24,25)/t10-,11+,12+,13-/m0/s1. The van der Waals surface area contributed by atoms with Crippen LogP contribution in [0.1, 0.15) is 33.6 Å². The number of ether oxygens (including phenoxy) is 2. The lowest BCUT2D eigenvalue weighted by molar-refractivity contribution is -0.147. The number of amides is 2. The number of esters is 1. The van der Waals surface area contributed by atoms with Gasteiger partial charge in [0.05, 0.1) is 42.3 Å². The molecule has 0 aliphatic carbocycles. The zero-order chi connectivity index (χ0) is 21.4. The maximum atomic E-state index is 12.9. The summed E-state index contributed by atoms with van der Waals surface area (Å²) in [5, 5.41) is 18.8. The number of anilines is 2. The highest BCUT2D eigenvalue weighted by molar-refractivity contribution is 7.15. The summed E-state index contributed by atoms with van der Waals surface area (Å²) in [4.78, 5) is 49.0. The predicted molar refractivity (Wildman–Crippen MR) is 109 cm³/mol. The first-order valence-corrected chi connectivity index (χ1v) is 10.9. The summed E-state index contributed by atoms with van der Waals surface area (Å²) in [6.07, 6.45) is 0.382. The minimum Gasteiger partial charge on any atom is -0.481 e. The molecule has 4 atom stereocenters. The number of methoxy groups -OCH3 is 1. The first-order chi connectivity index (χ1) is 14.4. The number of hydrogen-bond donors (Lipinski definition) is 3. The molecule has 11 heteroatoms. The Balaban J connectivity index is 1.49. The van der Waals surface area contributed by atoms with E-state index in [-0.39, 0.29) is 11.1 Å². The molecule has 2 saturated heterocycles.